The Hall–Kier alpha value is -1.16. The average molecular weight is 195 g/mol. The molecule has 1 aromatic heterocycles. The third-order valence-corrected chi connectivity index (χ3v) is 2.04. The molecule has 1 rings (SSSR count). The van der Waals surface area contributed by atoms with Crippen LogP contribution in [0.5, 0.6) is 0 Å². The highest BCUT2D eigenvalue weighted by molar-refractivity contribution is 4.99. The Morgan fingerprint density at radius 3 is 3.00 bits per heavy atom. The molecule has 1 atom stereocenters. The Balaban J connectivity index is 2.75. The lowest BCUT2D eigenvalue weighted by Crippen LogP contribution is -2.28. The maximum absolute atomic E-state index is 11.3. The number of aromatic nitrogens is 2. The van der Waals surface area contributed by atoms with E-state index in [2.05, 4.69) is 17.2 Å². The van der Waals surface area contributed by atoms with E-state index < -0.39 is 0 Å². The van der Waals surface area contributed by atoms with Crippen molar-refractivity contribution in [3.63, 3.8) is 0 Å². The average Bonchev–Trinajstić information content (AvgIpc) is 2.12. The number of rotatable bonds is 4. The SMILES string of the molecule is CNCC(C)Cn1cc(C)cnc1=O. The van der Waals surface area contributed by atoms with E-state index in [1.807, 2.05) is 20.2 Å². The summed E-state index contributed by atoms with van der Waals surface area (Å²) < 4.78 is 1.66. The lowest BCUT2D eigenvalue weighted by Gasteiger charge is -2.12. The summed E-state index contributed by atoms with van der Waals surface area (Å²) in [5.74, 6) is 0.432. The number of nitrogens with one attached hydrogen (secondary N) is 1. The Morgan fingerprint density at radius 1 is 1.64 bits per heavy atom. The summed E-state index contributed by atoms with van der Waals surface area (Å²) >= 11 is 0. The maximum Gasteiger partial charge on any atom is 0.347 e. The van der Waals surface area contributed by atoms with E-state index >= 15 is 0 Å². The molecule has 1 unspecified atom stereocenters. The van der Waals surface area contributed by atoms with E-state index in [-0.39, 0.29) is 5.69 Å². The van der Waals surface area contributed by atoms with Crippen LogP contribution in [0.15, 0.2) is 17.2 Å². The van der Waals surface area contributed by atoms with Crippen LogP contribution in [-0.4, -0.2) is 23.1 Å². The van der Waals surface area contributed by atoms with E-state index in [1.165, 1.54) is 0 Å². The molecule has 0 amide bonds. The van der Waals surface area contributed by atoms with Gasteiger partial charge < -0.3 is 5.32 Å². The first-order valence-electron chi connectivity index (χ1n) is 4.81. The first-order valence-corrected chi connectivity index (χ1v) is 4.81. The van der Waals surface area contributed by atoms with Gasteiger partial charge in [-0.15, -0.1) is 0 Å². The Kier molecular flexibility index (Phi) is 3.83. The molecule has 0 saturated heterocycles. The van der Waals surface area contributed by atoms with Crippen LogP contribution in [0.1, 0.15) is 12.5 Å². The van der Waals surface area contributed by atoms with Crippen LogP contribution in [0, 0.1) is 12.8 Å². The zero-order valence-corrected chi connectivity index (χ0v) is 8.95. The summed E-state index contributed by atoms with van der Waals surface area (Å²) in [6, 6.07) is 0. The summed E-state index contributed by atoms with van der Waals surface area (Å²) in [5.41, 5.74) is 0.847. The number of hydrogen-bond acceptors (Lipinski definition) is 3. The van der Waals surface area contributed by atoms with Crippen molar-refractivity contribution in [3.05, 3.63) is 28.4 Å². The highest BCUT2D eigenvalue weighted by atomic mass is 16.1. The number of aryl methyl sites for hydroxylation is 1. The van der Waals surface area contributed by atoms with Crippen LogP contribution in [0.3, 0.4) is 0 Å². The molecule has 0 radical (unpaired) electrons. The number of hydrogen-bond donors (Lipinski definition) is 1. The van der Waals surface area contributed by atoms with Crippen molar-refractivity contribution < 1.29 is 0 Å². The first-order chi connectivity index (χ1) is 6.63. The fourth-order valence-corrected chi connectivity index (χ4v) is 1.45. The smallest absolute Gasteiger partial charge is 0.319 e. The quantitative estimate of drug-likeness (QED) is 0.757. The van der Waals surface area contributed by atoms with Crippen LogP contribution in [0.25, 0.3) is 0 Å². The van der Waals surface area contributed by atoms with E-state index in [4.69, 9.17) is 0 Å². The molecule has 0 spiro atoms. The van der Waals surface area contributed by atoms with Gasteiger partial charge in [0.2, 0.25) is 0 Å². The van der Waals surface area contributed by atoms with Gasteiger partial charge in [0.05, 0.1) is 0 Å². The summed E-state index contributed by atoms with van der Waals surface area (Å²) in [4.78, 5) is 15.1. The minimum atomic E-state index is -0.168. The fourth-order valence-electron chi connectivity index (χ4n) is 1.45. The topological polar surface area (TPSA) is 46.9 Å². The van der Waals surface area contributed by atoms with Crippen molar-refractivity contribution >= 4 is 0 Å². The fraction of sp³-hybridized carbons (Fsp3) is 0.600. The molecule has 1 aromatic rings. The van der Waals surface area contributed by atoms with Gasteiger partial charge in [0.15, 0.2) is 0 Å². The van der Waals surface area contributed by atoms with Crippen molar-refractivity contribution in [1.82, 2.24) is 14.9 Å². The predicted octanol–water partition coefficient (Wildman–Crippen LogP) is 0.407. The summed E-state index contributed by atoms with van der Waals surface area (Å²) in [5, 5.41) is 3.09. The van der Waals surface area contributed by atoms with Crippen molar-refractivity contribution in [3.8, 4) is 0 Å². The zero-order chi connectivity index (χ0) is 10.6. The monoisotopic (exact) mass is 195 g/mol. The molecule has 0 saturated carbocycles. The normalized spacial score (nSPS) is 12.8. The van der Waals surface area contributed by atoms with Crippen LogP contribution in [0.2, 0.25) is 0 Å². The van der Waals surface area contributed by atoms with E-state index in [1.54, 1.807) is 10.8 Å². The summed E-state index contributed by atoms with van der Waals surface area (Å²) in [6.45, 7) is 5.66. The molecular weight excluding hydrogens is 178 g/mol. The molecule has 1 N–H and O–H groups in total. The van der Waals surface area contributed by atoms with E-state index in [0.717, 1.165) is 12.1 Å². The molecule has 14 heavy (non-hydrogen) atoms. The van der Waals surface area contributed by atoms with Crippen LogP contribution >= 0.6 is 0 Å². The van der Waals surface area contributed by atoms with Crippen LogP contribution in [-0.2, 0) is 6.54 Å². The molecule has 0 aromatic carbocycles. The van der Waals surface area contributed by atoms with Gasteiger partial charge in [0.1, 0.15) is 0 Å². The highest BCUT2D eigenvalue weighted by Gasteiger charge is 2.03. The lowest BCUT2D eigenvalue weighted by molar-refractivity contribution is 0.449. The van der Waals surface area contributed by atoms with Gasteiger partial charge in [-0.25, -0.2) is 9.78 Å². The van der Waals surface area contributed by atoms with Gasteiger partial charge in [-0.05, 0) is 32.0 Å². The molecular formula is C10H17N3O. The summed E-state index contributed by atoms with van der Waals surface area (Å²) in [7, 11) is 1.91. The van der Waals surface area contributed by atoms with Gasteiger partial charge >= 0.3 is 5.69 Å². The minimum absolute atomic E-state index is 0.168. The van der Waals surface area contributed by atoms with Gasteiger partial charge in [-0.3, -0.25) is 4.57 Å². The molecule has 4 nitrogen and oxygen atoms in total. The molecule has 78 valence electrons. The third-order valence-electron chi connectivity index (χ3n) is 2.04. The van der Waals surface area contributed by atoms with Gasteiger partial charge in [0, 0.05) is 18.9 Å². The van der Waals surface area contributed by atoms with Gasteiger partial charge in [-0.1, -0.05) is 6.92 Å². The maximum atomic E-state index is 11.3. The van der Waals surface area contributed by atoms with E-state index in [0.29, 0.717) is 12.5 Å². The van der Waals surface area contributed by atoms with Crippen LogP contribution in [0.4, 0.5) is 0 Å². The second-order valence-corrected chi connectivity index (χ2v) is 3.73. The number of nitrogens with zero attached hydrogens (tertiary/aromatic N) is 2. The molecule has 0 fully saturated rings. The second kappa shape index (κ2) is 4.91. The second-order valence-electron chi connectivity index (χ2n) is 3.73. The molecule has 0 aliphatic carbocycles. The molecule has 0 aliphatic heterocycles. The van der Waals surface area contributed by atoms with Crippen molar-refractivity contribution in [2.75, 3.05) is 13.6 Å². The van der Waals surface area contributed by atoms with E-state index in [9.17, 15) is 4.79 Å². The first kappa shape index (κ1) is 10.9. The Labute approximate surface area is 84.0 Å². The minimum Gasteiger partial charge on any atom is -0.319 e. The van der Waals surface area contributed by atoms with Gasteiger partial charge in [-0.2, -0.15) is 0 Å². The third kappa shape index (κ3) is 2.96. The predicted molar refractivity (Wildman–Crippen MR) is 56.3 cm³/mol. The molecule has 4 heteroatoms. The lowest BCUT2D eigenvalue weighted by atomic mass is 10.2. The van der Waals surface area contributed by atoms with Crippen molar-refractivity contribution in [2.24, 2.45) is 5.92 Å². The zero-order valence-electron chi connectivity index (χ0n) is 8.95. The molecule has 0 aliphatic rings. The summed E-state index contributed by atoms with van der Waals surface area (Å²) in [6.07, 6.45) is 3.45. The Bertz CT molecular complexity index is 345. The largest absolute Gasteiger partial charge is 0.347 e. The van der Waals surface area contributed by atoms with Crippen LogP contribution < -0.4 is 11.0 Å². The van der Waals surface area contributed by atoms with Crippen molar-refractivity contribution in [2.45, 2.75) is 20.4 Å². The molecule has 1 heterocycles. The molecule has 0 bridgehead atoms. The standard InChI is InChI=1S/C10H17N3O/c1-8(4-11-3)6-13-7-9(2)5-12-10(13)14/h5,7-8,11H,4,6H2,1-3H3. The van der Waals surface area contributed by atoms with Gasteiger partial charge in [0.25, 0.3) is 0 Å². The van der Waals surface area contributed by atoms with Crippen molar-refractivity contribution in [1.29, 1.82) is 0 Å². The Morgan fingerprint density at radius 2 is 2.36 bits per heavy atom. The highest BCUT2D eigenvalue weighted by Crippen LogP contribution is 1.97.